The number of pyridine rings is 2. The van der Waals surface area contributed by atoms with Crippen LogP contribution in [0.2, 0.25) is 0 Å². The van der Waals surface area contributed by atoms with Gasteiger partial charge in [0.05, 0.1) is 34.5 Å². The molecule has 0 atom stereocenters. The monoisotopic (exact) mass is 1210 g/mol. The lowest BCUT2D eigenvalue weighted by atomic mass is 9.88. The molecule has 20 heteroatoms. The van der Waals surface area contributed by atoms with E-state index in [1.807, 2.05) is 63.2 Å². The summed E-state index contributed by atoms with van der Waals surface area (Å²) in [7, 11) is 4.35. The van der Waals surface area contributed by atoms with Crippen LogP contribution in [-0.4, -0.2) is 148 Å². The molecule has 0 radical (unpaired) electrons. The van der Waals surface area contributed by atoms with Gasteiger partial charge < -0.3 is 25.5 Å². The molecule has 4 fully saturated rings. The van der Waals surface area contributed by atoms with Gasteiger partial charge >= 0.3 is 17.5 Å². The minimum atomic E-state index is -0.988. The van der Waals surface area contributed by atoms with Gasteiger partial charge in [-0.25, -0.2) is 42.3 Å². The van der Waals surface area contributed by atoms with E-state index in [9.17, 15) is 37.9 Å². The summed E-state index contributed by atoms with van der Waals surface area (Å²) >= 11 is 0. The molecule has 6 heterocycles. The number of benzene rings is 4. The Bertz CT molecular complexity index is 4090. The Kier molecular flexibility index (Phi) is 19.0. The summed E-state index contributed by atoms with van der Waals surface area (Å²) in [6.45, 7) is 16.1. The first-order valence-corrected chi connectivity index (χ1v) is 31.4. The zero-order valence-electron chi connectivity index (χ0n) is 51.7. The number of rotatable bonds is 11. The Morgan fingerprint density at radius 3 is 1.37 bits per heavy atom. The van der Waals surface area contributed by atoms with Gasteiger partial charge in [-0.15, -0.1) is 0 Å². The van der Waals surface area contributed by atoms with Crippen molar-refractivity contribution in [3.8, 4) is 33.6 Å². The van der Waals surface area contributed by atoms with Crippen LogP contribution in [0.25, 0.3) is 55.7 Å². The Labute approximate surface area is 517 Å². The first-order chi connectivity index (χ1) is 42.8. The highest BCUT2D eigenvalue weighted by Crippen LogP contribution is 2.34. The van der Waals surface area contributed by atoms with Crippen LogP contribution >= 0.6 is 0 Å². The summed E-state index contributed by atoms with van der Waals surface area (Å²) in [4.78, 5) is 87.2. The van der Waals surface area contributed by atoms with E-state index in [2.05, 4.69) is 92.2 Å². The van der Waals surface area contributed by atoms with Gasteiger partial charge in [-0.05, 0) is 195 Å². The summed E-state index contributed by atoms with van der Waals surface area (Å²) in [5.74, 6) is -1.28. The molecule has 8 aromatic rings. The third-order valence-corrected chi connectivity index (χ3v) is 18.4. The van der Waals surface area contributed by atoms with Gasteiger partial charge in [0, 0.05) is 69.0 Å². The van der Waals surface area contributed by atoms with Crippen molar-refractivity contribution in [3.63, 3.8) is 0 Å². The number of nitrogens with zero attached hydrogens (tertiary/aromatic N) is 11. The van der Waals surface area contributed by atoms with Gasteiger partial charge in [-0.2, -0.15) is 0 Å². The van der Waals surface area contributed by atoms with Gasteiger partial charge in [0.1, 0.15) is 11.6 Å². The predicted molar refractivity (Wildman–Crippen MR) is 345 cm³/mol. The molecule has 4 aliphatic rings. The van der Waals surface area contributed by atoms with Crippen molar-refractivity contribution in [1.29, 1.82) is 0 Å². The lowest BCUT2D eigenvalue weighted by Gasteiger charge is -2.42. The van der Waals surface area contributed by atoms with Crippen LogP contribution in [0.5, 0.6) is 0 Å². The molecule has 2 saturated heterocycles. The molecule has 1 amide bonds. The molecule has 4 aromatic carbocycles. The number of carboxylic acid groups (broad SMARTS) is 1. The van der Waals surface area contributed by atoms with E-state index in [4.69, 9.17) is 5.73 Å². The number of nitrogens with two attached hydrogens (primary N) is 1. The minimum absolute atomic E-state index is 0.0213. The molecule has 3 N–H and O–H groups in total. The van der Waals surface area contributed by atoms with Crippen LogP contribution < -0.4 is 28.2 Å². The minimum Gasteiger partial charge on any atom is -0.465 e. The van der Waals surface area contributed by atoms with Crippen molar-refractivity contribution in [2.24, 2.45) is 5.73 Å². The number of halogens is 2. The van der Waals surface area contributed by atoms with Gasteiger partial charge in [0.15, 0.2) is 11.3 Å². The summed E-state index contributed by atoms with van der Waals surface area (Å²) < 4.78 is 34.1. The highest BCUT2D eigenvalue weighted by molar-refractivity contribution is 5.78. The Morgan fingerprint density at radius 2 is 0.966 bits per heavy atom. The molecule has 18 nitrogen and oxygen atoms in total. The van der Waals surface area contributed by atoms with E-state index in [1.54, 1.807) is 6.07 Å². The highest BCUT2D eigenvalue weighted by Gasteiger charge is 2.37. The zero-order valence-corrected chi connectivity index (χ0v) is 51.7. The molecule has 12 rings (SSSR count). The van der Waals surface area contributed by atoms with E-state index < -0.39 is 51.8 Å². The first kappa shape index (κ1) is 62.6. The predicted octanol–water partition coefficient (Wildman–Crippen LogP) is 9.69. The maximum absolute atomic E-state index is 14.5. The smallest absolute Gasteiger partial charge is 0.407 e. The van der Waals surface area contributed by atoms with Crippen LogP contribution in [0, 0.1) is 11.6 Å². The number of carbonyl (C=O) groups is 1. The largest absolute Gasteiger partial charge is 0.465 e. The normalized spacial score (nSPS) is 20.2. The van der Waals surface area contributed by atoms with Crippen molar-refractivity contribution in [2.45, 2.75) is 128 Å². The zero-order chi connectivity index (χ0) is 62.7. The fourth-order valence-electron chi connectivity index (χ4n) is 13.7. The standard InChI is InChI=1S/C37H45FN6O4.C32H37FN6O2/c1-37(2,3)44(36(47)48)30-15-13-29(14-16-30)43-34(45)32-22-28(38)23-39-33(32)42(35(43)46)31-8-5-7-27(21-31)26-11-9-25(10-12-26)24-41-18-6-17-40(4)19-20-41;1-36-14-3-15-37(17-16-36)21-22-6-8-23(9-7-22)24-4-2-5-28(18-24)38-30-29(19-25(33)20-35-30)31(40)39(32(38)41)27-12-10-26(34)11-13-27/h5,7-12,21-23,29-30H,6,13-20,24H2,1-4H3,(H,47,48);2,4-9,18-20,26-27H,3,10-17,21,34H2,1H3. The number of aromatic nitrogens is 6. The van der Waals surface area contributed by atoms with Crippen LogP contribution in [0.15, 0.2) is 141 Å². The van der Waals surface area contributed by atoms with Crippen LogP contribution in [0.4, 0.5) is 13.6 Å². The Balaban J connectivity index is 0.000000186. The molecular formula is C69H82F2N12O6. The van der Waals surface area contributed by atoms with Gasteiger partial charge in [-0.1, -0.05) is 72.8 Å². The molecule has 0 bridgehead atoms. The molecule has 89 heavy (non-hydrogen) atoms. The summed E-state index contributed by atoms with van der Waals surface area (Å²) in [6.07, 6.45) is 8.02. The molecule has 2 saturated carbocycles. The molecule has 468 valence electrons. The van der Waals surface area contributed by atoms with E-state index in [0.29, 0.717) is 49.9 Å². The SMILES string of the molecule is CN1CCCN(Cc2ccc(-c3cccc(-n4c(=O)n(C5CCC(N(C(=O)O)C(C)(C)C)CC5)c(=O)c5cc(F)cnc54)c3)cc2)CC1.CN1CCCN(Cc2ccc(-c3cccc(-n4c(=O)n(C5CCC(N)CC5)c(=O)c5cc(F)cnc54)c3)cc2)CC1. The average molecular weight is 1210 g/mol. The van der Waals surface area contributed by atoms with Crippen molar-refractivity contribution in [2.75, 3.05) is 66.5 Å². The maximum Gasteiger partial charge on any atom is 0.407 e. The molecular weight excluding hydrogens is 1130 g/mol. The third-order valence-electron chi connectivity index (χ3n) is 18.4. The van der Waals surface area contributed by atoms with Crippen molar-refractivity contribution in [3.05, 3.63) is 186 Å². The Hall–Kier alpha value is -8.01. The molecule has 0 spiro atoms. The van der Waals surface area contributed by atoms with Crippen LogP contribution in [0.1, 0.15) is 108 Å². The van der Waals surface area contributed by atoms with Gasteiger partial charge in [0.2, 0.25) is 0 Å². The number of fused-ring (bicyclic) bond motifs is 2. The quantitative estimate of drug-likeness (QED) is 0.124. The second kappa shape index (κ2) is 27.0. The number of amides is 1. The third kappa shape index (κ3) is 14.1. The number of hydrogen-bond donors (Lipinski definition) is 2. The molecule has 2 aliphatic heterocycles. The molecule has 4 aromatic heterocycles. The number of likely N-dealkylation sites (N-methyl/N-ethyl adjacent to an activating group) is 2. The second-order valence-electron chi connectivity index (χ2n) is 25.9. The summed E-state index contributed by atoms with van der Waals surface area (Å²) in [6, 6.07) is 33.6. The van der Waals surface area contributed by atoms with Crippen molar-refractivity contribution < 1.29 is 18.7 Å². The molecule has 0 unspecified atom stereocenters. The van der Waals surface area contributed by atoms with E-state index in [1.165, 1.54) is 46.8 Å². The van der Waals surface area contributed by atoms with E-state index >= 15 is 0 Å². The maximum atomic E-state index is 14.5. The fraction of sp³-hybridized carbons (Fsp3) is 0.435. The van der Waals surface area contributed by atoms with Crippen molar-refractivity contribution in [1.82, 2.24) is 52.7 Å². The molecule has 2 aliphatic carbocycles. The van der Waals surface area contributed by atoms with E-state index in [-0.39, 0.29) is 40.2 Å². The van der Waals surface area contributed by atoms with Gasteiger partial charge in [0.25, 0.3) is 11.1 Å². The summed E-state index contributed by atoms with van der Waals surface area (Å²) in [5.41, 5.74) is 11.1. The highest BCUT2D eigenvalue weighted by atomic mass is 19.1. The first-order valence-electron chi connectivity index (χ1n) is 31.4. The second-order valence-corrected chi connectivity index (χ2v) is 25.9. The Morgan fingerprint density at radius 1 is 0.551 bits per heavy atom. The summed E-state index contributed by atoms with van der Waals surface area (Å²) in [5, 5.41) is 10.0. The van der Waals surface area contributed by atoms with Gasteiger partial charge in [-0.3, -0.25) is 28.5 Å². The van der Waals surface area contributed by atoms with Crippen LogP contribution in [0.3, 0.4) is 0 Å². The topological polar surface area (TPSA) is 193 Å². The van der Waals surface area contributed by atoms with Crippen LogP contribution in [-0.2, 0) is 13.1 Å². The lowest BCUT2D eigenvalue weighted by molar-refractivity contribution is 0.0506. The average Bonchev–Trinajstić information content (AvgIpc) is 2.25. The number of hydrogen-bond acceptors (Lipinski definition) is 12. The fourth-order valence-corrected chi connectivity index (χ4v) is 13.7. The lowest BCUT2D eigenvalue weighted by Crippen LogP contribution is -2.53. The van der Waals surface area contributed by atoms with E-state index in [0.717, 1.165) is 125 Å². The van der Waals surface area contributed by atoms with Crippen molar-refractivity contribution >= 4 is 28.2 Å².